The third-order valence-corrected chi connectivity index (χ3v) is 4.33. The monoisotopic (exact) mass is 326 g/mol. The minimum Gasteiger partial charge on any atom is -0.294 e. The van der Waals surface area contributed by atoms with Crippen molar-refractivity contribution in [1.29, 1.82) is 0 Å². The van der Waals surface area contributed by atoms with Gasteiger partial charge < -0.3 is 0 Å². The fourth-order valence-electron chi connectivity index (χ4n) is 2.84. The predicted molar refractivity (Wildman–Crippen MR) is 105 cm³/mol. The first-order chi connectivity index (χ1) is 12.2. The molecule has 0 amide bonds. The van der Waals surface area contributed by atoms with Gasteiger partial charge in [-0.05, 0) is 18.1 Å². The summed E-state index contributed by atoms with van der Waals surface area (Å²) in [6.07, 6.45) is 4.71. The van der Waals surface area contributed by atoms with Crippen molar-refractivity contribution in [3.8, 4) is 0 Å². The Balaban J connectivity index is 1.85. The molecule has 1 heteroatoms. The molecule has 0 aromatic heterocycles. The second kappa shape index (κ2) is 8.25. The molecule has 124 valence electrons. The fraction of sp³-hybridized carbons (Fsp3) is 0.125. The first kappa shape index (κ1) is 16.9. The Morgan fingerprint density at radius 2 is 1.44 bits per heavy atom. The molecule has 0 N–H and O–H groups in total. The Kier molecular flexibility index (Phi) is 5.58. The molecule has 0 aliphatic heterocycles. The maximum Gasteiger partial charge on any atom is 0.163 e. The van der Waals surface area contributed by atoms with Gasteiger partial charge in [-0.25, -0.2) is 0 Å². The van der Waals surface area contributed by atoms with Crippen LogP contribution < -0.4 is 0 Å². The van der Waals surface area contributed by atoms with Crippen LogP contribution in [0.2, 0.25) is 0 Å². The summed E-state index contributed by atoms with van der Waals surface area (Å²) in [5.41, 5.74) is 4.31. The van der Waals surface area contributed by atoms with Crippen molar-refractivity contribution in [2.75, 3.05) is 0 Å². The molecule has 0 aliphatic carbocycles. The number of ketones is 1. The van der Waals surface area contributed by atoms with E-state index in [4.69, 9.17) is 0 Å². The zero-order valence-corrected chi connectivity index (χ0v) is 14.4. The summed E-state index contributed by atoms with van der Waals surface area (Å²) in [6, 6.07) is 28.2. The number of allylic oxidation sites excluding steroid dienone is 1. The second-order valence-electron chi connectivity index (χ2n) is 6.28. The van der Waals surface area contributed by atoms with Crippen LogP contribution in [0.1, 0.15) is 39.4 Å². The number of aryl methyl sites for hydroxylation is 1. The molecule has 3 aromatic carbocycles. The molecule has 0 radical (unpaired) electrons. The normalized spacial score (nSPS) is 12.2. The number of Topliss-reactive ketones (excluding diaryl/α,β-unsaturated/α-hetero) is 1. The first-order valence-electron chi connectivity index (χ1n) is 8.60. The van der Waals surface area contributed by atoms with Gasteiger partial charge in [0.15, 0.2) is 5.78 Å². The van der Waals surface area contributed by atoms with Gasteiger partial charge >= 0.3 is 0 Å². The SMILES string of the molecule is Cc1ccc(C(/C=C/c2ccccc2)CC(=O)c2ccccc2)cc1. The Labute approximate surface area is 149 Å². The number of benzene rings is 3. The van der Waals surface area contributed by atoms with Gasteiger partial charge in [-0.2, -0.15) is 0 Å². The molecule has 0 aliphatic rings. The Bertz CT molecular complexity index is 830. The quantitative estimate of drug-likeness (QED) is 0.503. The summed E-state index contributed by atoms with van der Waals surface area (Å²) in [6.45, 7) is 2.08. The Morgan fingerprint density at radius 3 is 2.08 bits per heavy atom. The Hall–Kier alpha value is -2.93. The van der Waals surface area contributed by atoms with E-state index in [1.165, 1.54) is 11.1 Å². The lowest BCUT2D eigenvalue weighted by Crippen LogP contribution is -2.06. The lowest BCUT2D eigenvalue weighted by molar-refractivity contribution is 0.0978. The van der Waals surface area contributed by atoms with Gasteiger partial charge in [-0.1, -0.05) is 103 Å². The molecule has 1 nitrogen and oxygen atoms in total. The van der Waals surface area contributed by atoms with E-state index in [0.29, 0.717) is 6.42 Å². The van der Waals surface area contributed by atoms with E-state index in [1.807, 2.05) is 48.5 Å². The second-order valence-corrected chi connectivity index (χ2v) is 6.28. The largest absolute Gasteiger partial charge is 0.294 e. The number of hydrogen-bond acceptors (Lipinski definition) is 1. The molecule has 1 unspecified atom stereocenters. The van der Waals surface area contributed by atoms with E-state index in [9.17, 15) is 4.79 Å². The maximum absolute atomic E-state index is 12.7. The highest BCUT2D eigenvalue weighted by molar-refractivity contribution is 5.96. The van der Waals surface area contributed by atoms with Crippen LogP contribution in [0.5, 0.6) is 0 Å². The number of rotatable bonds is 6. The number of hydrogen-bond donors (Lipinski definition) is 0. The third kappa shape index (κ3) is 4.77. The molecule has 1 atom stereocenters. The summed E-state index contributed by atoms with van der Waals surface area (Å²) in [7, 11) is 0. The van der Waals surface area contributed by atoms with Crippen LogP contribution >= 0.6 is 0 Å². The summed E-state index contributed by atoms with van der Waals surface area (Å²) >= 11 is 0. The molecule has 0 bridgehead atoms. The highest BCUT2D eigenvalue weighted by Gasteiger charge is 2.14. The smallest absolute Gasteiger partial charge is 0.163 e. The van der Waals surface area contributed by atoms with Crippen LogP contribution in [0.15, 0.2) is 91.0 Å². The van der Waals surface area contributed by atoms with E-state index in [-0.39, 0.29) is 11.7 Å². The van der Waals surface area contributed by atoms with Gasteiger partial charge in [0.1, 0.15) is 0 Å². The van der Waals surface area contributed by atoms with Gasteiger partial charge in [-0.3, -0.25) is 4.79 Å². The standard InChI is InChI=1S/C24H22O/c1-19-12-15-21(16-13-19)23(17-14-20-8-4-2-5-9-20)18-24(25)22-10-6-3-7-11-22/h2-17,23H,18H2,1H3/b17-14+. The third-order valence-electron chi connectivity index (χ3n) is 4.33. The van der Waals surface area contributed by atoms with Crippen molar-refractivity contribution in [2.24, 2.45) is 0 Å². The highest BCUT2D eigenvalue weighted by atomic mass is 16.1. The molecule has 3 aromatic rings. The predicted octanol–water partition coefficient (Wildman–Crippen LogP) is 6.07. The van der Waals surface area contributed by atoms with Crippen LogP contribution in [0, 0.1) is 6.92 Å². The number of carbonyl (C=O) groups is 1. The van der Waals surface area contributed by atoms with Crippen LogP contribution in [-0.4, -0.2) is 5.78 Å². The summed E-state index contributed by atoms with van der Waals surface area (Å²) in [5.74, 6) is 0.234. The fourth-order valence-corrected chi connectivity index (χ4v) is 2.84. The first-order valence-corrected chi connectivity index (χ1v) is 8.60. The van der Waals surface area contributed by atoms with Crippen molar-refractivity contribution >= 4 is 11.9 Å². The zero-order chi connectivity index (χ0) is 17.5. The van der Waals surface area contributed by atoms with Gasteiger partial charge in [0.05, 0.1) is 0 Å². The molecule has 0 saturated heterocycles. The molecule has 0 saturated carbocycles. The summed E-state index contributed by atoms with van der Waals surface area (Å²) < 4.78 is 0. The molecule has 0 spiro atoms. The van der Waals surface area contributed by atoms with Crippen LogP contribution in [-0.2, 0) is 0 Å². The van der Waals surface area contributed by atoms with E-state index in [1.54, 1.807) is 0 Å². The van der Waals surface area contributed by atoms with Gasteiger partial charge in [-0.15, -0.1) is 0 Å². The van der Waals surface area contributed by atoms with Crippen LogP contribution in [0.25, 0.3) is 6.08 Å². The maximum atomic E-state index is 12.7. The van der Waals surface area contributed by atoms with Crippen molar-refractivity contribution in [1.82, 2.24) is 0 Å². The summed E-state index contributed by atoms with van der Waals surface area (Å²) in [4.78, 5) is 12.7. The van der Waals surface area contributed by atoms with Gasteiger partial charge in [0.2, 0.25) is 0 Å². The molecule has 25 heavy (non-hydrogen) atoms. The van der Waals surface area contributed by atoms with E-state index in [0.717, 1.165) is 11.1 Å². The van der Waals surface area contributed by atoms with Crippen LogP contribution in [0.3, 0.4) is 0 Å². The van der Waals surface area contributed by atoms with Crippen molar-refractivity contribution in [3.05, 3.63) is 113 Å². The van der Waals surface area contributed by atoms with Crippen LogP contribution in [0.4, 0.5) is 0 Å². The average Bonchev–Trinajstić information content (AvgIpc) is 2.67. The van der Waals surface area contributed by atoms with E-state index in [2.05, 4.69) is 55.5 Å². The van der Waals surface area contributed by atoms with Gasteiger partial charge in [0, 0.05) is 17.9 Å². The van der Waals surface area contributed by atoms with Gasteiger partial charge in [0.25, 0.3) is 0 Å². The van der Waals surface area contributed by atoms with Crippen molar-refractivity contribution in [3.63, 3.8) is 0 Å². The molecule has 0 heterocycles. The topological polar surface area (TPSA) is 17.1 Å². The molecular weight excluding hydrogens is 304 g/mol. The summed E-state index contributed by atoms with van der Waals surface area (Å²) in [5, 5.41) is 0. The molecule has 0 fully saturated rings. The van der Waals surface area contributed by atoms with E-state index >= 15 is 0 Å². The highest BCUT2D eigenvalue weighted by Crippen LogP contribution is 2.25. The minimum absolute atomic E-state index is 0.0634. The molecule has 3 rings (SSSR count). The van der Waals surface area contributed by atoms with Crippen molar-refractivity contribution < 1.29 is 4.79 Å². The Morgan fingerprint density at radius 1 is 0.840 bits per heavy atom. The zero-order valence-electron chi connectivity index (χ0n) is 14.4. The molecular formula is C24H22O. The van der Waals surface area contributed by atoms with E-state index < -0.39 is 0 Å². The average molecular weight is 326 g/mol. The number of carbonyl (C=O) groups excluding carboxylic acids is 1. The van der Waals surface area contributed by atoms with Crippen molar-refractivity contribution in [2.45, 2.75) is 19.3 Å². The minimum atomic E-state index is 0.0634. The lowest BCUT2D eigenvalue weighted by atomic mass is 9.90. The lowest BCUT2D eigenvalue weighted by Gasteiger charge is -2.13.